The Kier molecular flexibility index (Phi) is 4.15. The summed E-state index contributed by atoms with van der Waals surface area (Å²) in [6.45, 7) is 0. The molecule has 3 aromatic rings. The number of anilines is 2. The molecule has 0 spiro atoms. The molecule has 3 rings (SSSR count). The molecule has 118 valence electrons. The quantitative estimate of drug-likeness (QED) is 0.758. The van der Waals surface area contributed by atoms with Crippen molar-refractivity contribution < 1.29 is 9.32 Å². The third kappa shape index (κ3) is 2.98. The summed E-state index contributed by atoms with van der Waals surface area (Å²) in [5.41, 5.74) is 1.88. The molecule has 7 heteroatoms. The van der Waals surface area contributed by atoms with Crippen LogP contribution in [0.15, 0.2) is 40.9 Å². The normalized spacial score (nSPS) is 10.8. The van der Waals surface area contributed by atoms with Gasteiger partial charge in [0.1, 0.15) is 0 Å². The van der Waals surface area contributed by atoms with Crippen LogP contribution in [0.1, 0.15) is 10.4 Å². The van der Waals surface area contributed by atoms with Crippen LogP contribution in [0.5, 0.6) is 0 Å². The Morgan fingerprint density at radius 2 is 1.96 bits per heavy atom. The zero-order chi connectivity index (χ0) is 16.6. The molecular weight excluding hydrogens is 337 g/mol. The molecule has 0 fully saturated rings. The van der Waals surface area contributed by atoms with Gasteiger partial charge in [0.25, 0.3) is 5.91 Å². The van der Waals surface area contributed by atoms with E-state index >= 15 is 0 Å². The lowest BCUT2D eigenvalue weighted by Gasteiger charge is -2.13. The average Bonchev–Trinajstić information content (AvgIpc) is 2.93. The Balaban J connectivity index is 1.98. The van der Waals surface area contributed by atoms with Crippen molar-refractivity contribution in [2.24, 2.45) is 0 Å². The van der Waals surface area contributed by atoms with E-state index in [0.717, 1.165) is 11.1 Å². The molecule has 0 aliphatic carbocycles. The van der Waals surface area contributed by atoms with E-state index in [2.05, 4.69) is 10.5 Å². The maximum Gasteiger partial charge on any atom is 0.256 e. The second kappa shape index (κ2) is 6.10. The predicted octanol–water partition coefficient (Wildman–Crippen LogP) is 4.45. The van der Waals surface area contributed by atoms with E-state index in [-0.39, 0.29) is 5.91 Å². The van der Waals surface area contributed by atoms with Gasteiger partial charge in [-0.1, -0.05) is 34.4 Å². The Morgan fingerprint density at radius 3 is 2.65 bits per heavy atom. The zero-order valence-corrected chi connectivity index (χ0v) is 13.9. The van der Waals surface area contributed by atoms with Crippen molar-refractivity contribution in [3.05, 3.63) is 52.0 Å². The lowest BCUT2D eigenvalue weighted by atomic mass is 10.2. The number of rotatable bonds is 3. The number of amides is 1. The van der Waals surface area contributed by atoms with Crippen molar-refractivity contribution in [3.8, 4) is 0 Å². The van der Waals surface area contributed by atoms with Gasteiger partial charge in [-0.25, -0.2) is 0 Å². The van der Waals surface area contributed by atoms with Gasteiger partial charge >= 0.3 is 0 Å². The summed E-state index contributed by atoms with van der Waals surface area (Å²) in [5.74, 6) is 0.0210. The van der Waals surface area contributed by atoms with E-state index < -0.39 is 0 Å². The highest BCUT2D eigenvalue weighted by Crippen LogP contribution is 2.32. The van der Waals surface area contributed by atoms with Crippen LogP contribution in [-0.2, 0) is 0 Å². The Morgan fingerprint density at radius 1 is 1.17 bits per heavy atom. The number of carbonyl (C=O) groups is 1. The average molecular weight is 350 g/mol. The second-order valence-corrected chi connectivity index (χ2v) is 5.97. The molecule has 0 saturated carbocycles. The molecule has 0 atom stereocenters. The largest absolute Gasteiger partial charge is 0.377 e. The van der Waals surface area contributed by atoms with Crippen LogP contribution in [0.3, 0.4) is 0 Å². The van der Waals surface area contributed by atoms with E-state index in [1.54, 1.807) is 18.2 Å². The minimum absolute atomic E-state index is 0.318. The highest BCUT2D eigenvalue weighted by molar-refractivity contribution is 6.42. The van der Waals surface area contributed by atoms with Gasteiger partial charge < -0.3 is 14.7 Å². The highest BCUT2D eigenvalue weighted by atomic mass is 35.5. The maximum absolute atomic E-state index is 12.4. The van der Waals surface area contributed by atoms with Crippen molar-refractivity contribution in [2.45, 2.75) is 0 Å². The molecule has 1 amide bonds. The molecule has 0 radical (unpaired) electrons. The SMILES string of the molecule is CN(C)c1cccc2onc(NC(=O)c3ccc(Cl)c(Cl)c3)c12. The van der Waals surface area contributed by atoms with Crippen LogP contribution in [-0.4, -0.2) is 25.2 Å². The van der Waals surface area contributed by atoms with Crippen LogP contribution in [0, 0.1) is 0 Å². The smallest absolute Gasteiger partial charge is 0.256 e. The summed E-state index contributed by atoms with van der Waals surface area (Å²) in [6.07, 6.45) is 0. The van der Waals surface area contributed by atoms with Gasteiger partial charge in [0.15, 0.2) is 11.4 Å². The van der Waals surface area contributed by atoms with Crippen molar-refractivity contribution in [1.82, 2.24) is 5.16 Å². The van der Waals surface area contributed by atoms with Crippen molar-refractivity contribution in [1.29, 1.82) is 0 Å². The molecule has 0 aliphatic heterocycles. The molecule has 0 unspecified atom stereocenters. The Hall–Kier alpha value is -2.24. The highest BCUT2D eigenvalue weighted by Gasteiger charge is 2.17. The van der Waals surface area contributed by atoms with E-state index in [9.17, 15) is 4.79 Å². The standard InChI is InChI=1S/C16H13Cl2N3O2/c1-21(2)12-4-3-5-13-14(12)15(20-23-13)19-16(22)9-6-7-10(17)11(18)8-9/h3-8H,1-2H3,(H,19,20,22). The number of hydrogen-bond acceptors (Lipinski definition) is 4. The number of nitrogens with one attached hydrogen (secondary N) is 1. The summed E-state index contributed by atoms with van der Waals surface area (Å²) >= 11 is 11.8. The fourth-order valence-electron chi connectivity index (χ4n) is 2.25. The molecule has 0 bridgehead atoms. The van der Waals surface area contributed by atoms with E-state index in [1.807, 2.05) is 31.1 Å². The molecule has 1 aromatic heterocycles. The summed E-state index contributed by atoms with van der Waals surface area (Å²) < 4.78 is 5.28. The van der Waals surface area contributed by atoms with Crippen LogP contribution in [0.2, 0.25) is 10.0 Å². The predicted molar refractivity (Wildman–Crippen MR) is 92.8 cm³/mol. The lowest BCUT2D eigenvalue weighted by Crippen LogP contribution is -2.14. The van der Waals surface area contributed by atoms with Crippen LogP contribution < -0.4 is 10.2 Å². The third-order valence-corrected chi connectivity index (χ3v) is 4.11. The summed E-state index contributed by atoms with van der Waals surface area (Å²) in [7, 11) is 3.82. The number of fused-ring (bicyclic) bond motifs is 1. The number of carbonyl (C=O) groups excluding carboxylic acids is 1. The summed E-state index contributed by atoms with van der Waals surface area (Å²) in [6, 6.07) is 10.3. The van der Waals surface area contributed by atoms with Gasteiger partial charge in [0, 0.05) is 19.7 Å². The van der Waals surface area contributed by atoms with E-state index in [4.69, 9.17) is 27.7 Å². The molecule has 5 nitrogen and oxygen atoms in total. The number of nitrogens with zero attached hydrogens (tertiary/aromatic N) is 2. The molecular formula is C16H13Cl2N3O2. The summed E-state index contributed by atoms with van der Waals surface area (Å²) in [4.78, 5) is 14.3. The fraction of sp³-hybridized carbons (Fsp3) is 0.125. The zero-order valence-electron chi connectivity index (χ0n) is 12.4. The van der Waals surface area contributed by atoms with Crippen molar-refractivity contribution in [3.63, 3.8) is 0 Å². The molecule has 2 aromatic carbocycles. The van der Waals surface area contributed by atoms with Crippen LogP contribution >= 0.6 is 23.2 Å². The van der Waals surface area contributed by atoms with Gasteiger partial charge in [0.2, 0.25) is 0 Å². The lowest BCUT2D eigenvalue weighted by molar-refractivity contribution is 0.102. The molecule has 23 heavy (non-hydrogen) atoms. The van der Waals surface area contributed by atoms with Gasteiger partial charge in [-0.2, -0.15) is 0 Å². The molecule has 0 saturated heterocycles. The number of hydrogen-bond donors (Lipinski definition) is 1. The van der Waals surface area contributed by atoms with Gasteiger partial charge in [-0.15, -0.1) is 0 Å². The number of benzene rings is 2. The first-order valence-corrected chi connectivity index (χ1v) is 7.55. The molecule has 0 aliphatic rings. The van der Waals surface area contributed by atoms with E-state index in [0.29, 0.717) is 27.0 Å². The topological polar surface area (TPSA) is 58.4 Å². The third-order valence-electron chi connectivity index (χ3n) is 3.37. The van der Waals surface area contributed by atoms with Crippen molar-refractivity contribution in [2.75, 3.05) is 24.3 Å². The first-order valence-electron chi connectivity index (χ1n) is 6.79. The fourth-order valence-corrected chi connectivity index (χ4v) is 2.55. The minimum atomic E-state index is -0.340. The Bertz CT molecular complexity index is 890. The van der Waals surface area contributed by atoms with Crippen LogP contribution in [0.25, 0.3) is 11.0 Å². The minimum Gasteiger partial charge on any atom is -0.377 e. The first-order chi connectivity index (χ1) is 11.0. The van der Waals surface area contributed by atoms with Gasteiger partial charge in [0.05, 0.1) is 21.1 Å². The van der Waals surface area contributed by atoms with E-state index in [1.165, 1.54) is 6.07 Å². The monoisotopic (exact) mass is 349 g/mol. The number of aromatic nitrogens is 1. The Labute approximate surface area is 142 Å². The van der Waals surface area contributed by atoms with Crippen molar-refractivity contribution >= 4 is 51.6 Å². The number of halogens is 2. The summed E-state index contributed by atoms with van der Waals surface area (Å²) in [5, 5.41) is 8.16. The van der Waals surface area contributed by atoms with Gasteiger partial charge in [-0.05, 0) is 30.3 Å². The maximum atomic E-state index is 12.4. The van der Waals surface area contributed by atoms with Gasteiger partial charge in [-0.3, -0.25) is 4.79 Å². The first kappa shape index (κ1) is 15.6. The molecule has 1 heterocycles. The molecule has 1 N–H and O–H groups in total. The van der Waals surface area contributed by atoms with Crippen LogP contribution in [0.4, 0.5) is 11.5 Å². The second-order valence-electron chi connectivity index (χ2n) is 5.16.